The largest absolute Gasteiger partial charge is 0.465 e. The number of fused-ring (bicyclic) bond motifs is 1. The zero-order valence-electron chi connectivity index (χ0n) is 20.2. The lowest BCUT2D eigenvalue weighted by Gasteiger charge is -2.31. The van der Waals surface area contributed by atoms with Gasteiger partial charge in [-0.15, -0.1) is 16.9 Å². The molecule has 8 nitrogen and oxygen atoms in total. The zero-order chi connectivity index (χ0) is 26.0. The number of rotatable bonds is 7. The van der Waals surface area contributed by atoms with E-state index in [0.717, 1.165) is 11.3 Å². The first-order valence-electron chi connectivity index (χ1n) is 11.5. The summed E-state index contributed by atoms with van der Waals surface area (Å²) < 4.78 is 16.6. The van der Waals surface area contributed by atoms with Crippen molar-refractivity contribution >= 4 is 41.1 Å². The topological polar surface area (TPSA) is 100 Å². The van der Waals surface area contributed by atoms with Gasteiger partial charge >= 0.3 is 6.09 Å². The molecule has 0 saturated heterocycles. The number of anilines is 1. The van der Waals surface area contributed by atoms with E-state index in [4.69, 9.17) is 11.6 Å². The van der Waals surface area contributed by atoms with Crippen LogP contribution in [0.15, 0.2) is 47.5 Å². The summed E-state index contributed by atoms with van der Waals surface area (Å²) in [7, 11) is 0. The Labute approximate surface area is 217 Å². The number of carboxylic acid groups (broad SMARTS) is 1. The molecule has 0 fully saturated rings. The van der Waals surface area contributed by atoms with Crippen molar-refractivity contribution in [1.29, 1.82) is 0 Å². The summed E-state index contributed by atoms with van der Waals surface area (Å²) >= 11 is 7.43. The predicted octanol–water partition coefficient (Wildman–Crippen LogP) is 5.31. The summed E-state index contributed by atoms with van der Waals surface area (Å²) in [5.74, 6) is -0.752. The average molecular weight is 532 g/mol. The molecule has 11 heteroatoms. The number of carbonyl (C=O) groups is 2. The second-order valence-electron chi connectivity index (χ2n) is 9.36. The highest BCUT2D eigenvalue weighted by molar-refractivity contribution is 7.99. The van der Waals surface area contributed by atoms with Crippen LogP contribution in [0.2, 0.25) is 5.02 Å². The second kappa shape index (κ2) is 10.5. The van der Waals surface area contributed by atoms with Gasteiger partial charge in [0, 0.05) is 21.2 Å². The summed E-state index contributed by atoms with van der Waals surface area (Å²) in [6.07, 6.45) is 1.46. The highest BCUT2D eigenvalue weighted by Crippen LogP contribution is 2.41. The minimum absolute atomic E-state index is 0.165. The molecule has 1 aliphatic rings. The van der Waals surface area contributed by atoms with Gasteiger partial charge in [-0.05, 0) is 56.5 Å². The summed E-state index contributed by atoms with van der Waals surface area (Å²) in [6, 6.07) is 10.2. The highest BCUT2D eigenvalue weighted by Gasteiger charge is 2.36. The fourth-order valence-corrected chi connectivity index (χ4v) is 5.52. The number of aromatic nitrogens is 3. The normalized spacial score (nSPS) is 16.0. The van der Waals surface area contributed by atoms with Crippen molar-refractivity contribution in [3.63, 3.8) is 0 Å². The van der Waals surface area contributed by atoms with Crippen LogP contribution < -0.4 is 10.2 Å². The molecule has 0 unspecified atom stereocenters. The molecule has 0 saturated carbocycles. The van der Waals surface area contributed by atoms with Crippen LogP contribution in [0, 0.1) is 11.7 Å². The Morgan fingerprint density at radius 3 is 2.64 bits per heavy atom. The standard InChI is InChI=1S/C25H27ClFN5O3S/c1-4-18-13-32(30-29-18)20-10-21-22(9-19(20)27)36-14-16(11-25(2,3)28-24(34)35)23(33)31(21)12-15-5-7-17(26)8-6-15/h5-10,13,16,28H,4,11-12,14H2,1-3H3,(H,34,35)/t16-/m0/s1. The SMILES string of the molecule is CCc1cn(-c2cc3c(cc2F)SC[C@H](CC(C)(C)NC(=O)O)C(=O)N3Cc2ccc(Cl)cc2)nn1. The summed E-state index contributed by atoms with van der Waals surface area (Å²) in [4.78, 5) is 27.4. The fourth-order valence-electron chi connectivity index (χ4n) is 4.25. The average Bonchev–Trinajstić information content (AvgIpc) is 3.25. The number of hydrogen-bond acceptors (Lipinski definition) is 5. The van der Waals surface area contributed by atoms with Crippen molar-refractivity contribution in [3.05, 3.63) is 64.7 Å². The second-order valence-corrected chi connectivity index (χ2v) is 10.9. The van der Waals surface area contributed by atoms with Gasteiger partial charge in [0.2, 0.25) is 5.91 Å². The van der Waals surface area contributed by atoms with E-state index < -0.39 is 23.4 Å². The molecule has 0 radical (unpaired) electrons. The smallest absolute Gasteiger partial charge is 0.405 e. The quantitative estimate of drug-likeness (QED) is 0.428. The maximum Gasteiger partial charge on any atom is 0.405 e. The van der Waals surface area contributed by atoms with Crippen LogP contribution in [0.5, 0.6) is 0 Å². The molecule has 2 amide bonds. The number of carbonyl (C=O) groups excluding carboxylic acids is 1. The molecule has 0 bridgehead atoms. The molecular formula is C25H27ClFN5O3S. The van der Waals surface area contributed by atoms with Crippen molar-refractivity contribution in [1.82, 2.24) is 20.3 Å². The molecular weight excluding hydrogens is 505 g/mol. The van der Waals surface area contributed by atoms with Crippen molar-refractivity contribution < 1.29 is 19.1 Å². The van der Waals surface area contributed by atoms with E-state index in [-0.39, 0.29) is 24.6 Å². The van der Waals surface area contributed by atoms with E-state index >= 15 is 4.39 Å². The molecule has 1 aromatic heterocycles. The summed E-state index contributed by atoms with van der Waals surface area (Å²) in [6.45, 7) is 5.67. The van der Waals surface area contributed by atoms with E-state index in [1.54, 1.807) is 43.1 Å². The van der Waals surface area contributed by atoms with Crippen molar-refractivity contribution in [2.45, 2.75) is 50.6 Å². The fraction of sp³-hybridized carbons (Fsp3) is 0.360. The summed E-state index contributed by atoms with van der Waals surface area (Å²) in [5.41, 5.74) is 1.51. The van der Waals surface area contributed by atoms with Gasteiger partial charge in [0.05, 0.1) is 30.0 Å². The maximum absolute atomic E-state index is 15.2. The van der Waals surface area contributed by atoms with E-state index in [1.165, 1.54) is 22.5 Å². The van der Waals surface area contributed by atoms with Crippen molar-refractivity contribution in [2.24, 2.45) is 5.92 Å². The van der Waals surface area contributed by atoms with Crippen LogP contribution in [0.3, 0.4) is 0 Å². The Kier molecular flexibility index (Phi) is 7.56. The first kappa shape index (κ1) is 26.0. The third-order valence-electron chi connectivity index (χ3n) is 5.98. The minimum Gasteiger partial charge on any atom is -0.465 e. The molecule has 2 aromatic carbocycles. The van der Waals surface area contributed by atoms with Crippen LogP contribution in [0.25, 0.3) is 5.69 Å². The Morgan fingerprint density at radius 1 is 1.28 bits per heavy atom. The third-order valence-corrected chi connectivity index (χ3v) is 7.44. The monoisotopic (exact) mass is 531 g/mol. The lowest BCUT2D eigenvalue weighted by atomic mass is 9.90. The minimum atomic E-state index is -1.15. The van der Waals surface area contributed by atoms with Gasteiger partial charge in [-0.25, -0.2) is 13.9 Å². The number of amides is 2. The van der Waals surface area contributed by atoms with Gasteiger partial charge in [-0.2, -0.15) is 0 Å². The number of halogens is 2. The Bertz CT molecular complexity index is 1280. The van der Waals surface area contributed by atoms with Gasteiger partial charge < -0.3 is 15.3 Å². The van der Waals surface area contributed by atoms with E-state index in [2.05, 4.69) is 15.6 Å². The lowest BCUT2D eigenvalue weighted by Crippen LogP contribution is -2.47. The third kappa shape index (κ3) is 5.82. The number of nitrogens with zero attached hydrogens (tertiary/aromatic N) is 4. The molecule has 1 aliphatic heterocycles. The van der Waals surface area contributed by atoms with Crippen LogP contribution in [-0.4, -0.2) is 43.4 Å². The number of benzene rings is 2. The van der Waals surface area contributed by atoms with E-state index in [1.807, 2.05) is 19.1 Å². The highest BCUT2D eigenvalue weighted by atomic mass is 35.5. The number of thioether (sulfide) groups is 1. The molecule has 1 atom stereocenters. The molecule has 36 heavy (non-hydrogen) atoms. The van der Waals surface area contributed by atoms with Gasteiger partial charge in [0.25, 0.3) is 0 Å². The van der Waals surface area contributed by atoms with Gasteiger partial charge in [-0.3, -0.25) is 4.79 Å². The molecule has 2 N–H and O–H groups in total. The first-order chi connectivity index (χ1) is 17.1. The molecule has 0 spiro atoms. The zero-order valence-corrected chi connectivity index (χ0v) is 21.7. The predicted molar refractivity (Wildman–Crippen MR) is 137 cm³/mol. The molecule has 0 aliphatic carbocycles. The number of aryl methyl sites for hydroxylation is 1. The van der Waals surface area contributed by atoms with Gasteiger partial charge in [0.1, 0.15) is 11.5 Å². The first-order valence-corrected chi connectivity index (χ1v) is 12.9. The van der Waals surface area contributed by atoms with Gasteiger partial charge in [0.15, 0.2) is 0 Å². The van der Waals surface area contributed by atoms with Crippen LogP contribution >= 0.6 is 23.4 Å². The number of hydrogen-bond donors (Lipinski definition) is 2. The Balaban J connectivity index is 1.76. The summed E-state index contributed by atoms with van der Waals surface area (Å²) in [5, 5.41) is 20.4. The molecule has 190 valence electrons. The van der Waals surface area contributed by atoms with Crippen molar-refractivity contribution in [3.8, 4) is 5.69 Å². The number of nitrogens with one attached hydrogen (secondary N) is 1. The molecule has 3 aromatic rings. The van der Waals surface area contributed by atoms with Crippen LogP contribution in [-0.2, 0) is 17.8 Å². The lowest BCUT2D eigenvalue weighted by molar-refractivity contribution is -0.122. The Hall–Kier alpha value is -3.11. The Morgan fingerprint density at radius 2 is 2.00 bits per heavy atom. The van der Waals surface area contributed by atoms with Crippen molar-refractivity contribution in [2.75, 3.05) is 10.7 Å². The van der Waals surface area contributed by atoms with E-state index in [9.17, 15) is 14.7 Å². The maximum atomic E-state index is 15.2. The van der Waals surface area contributed by atoms with Crippen LogP contribution in [0.1, 0.15) is 38.4 Å². The molecule has 4 rings (SSSR count). The van der Waals surface area contributed by atoms with Gasteiger partial charge in [-0.1, -0.05) is 35.9 Å². The molecule has 2 heterocycles. The van der Waals surface area contributed by atoms with Crippen LogP contribution in [0.4, 0.5) is 14.9 Å². The van der Waals surface area contributed by atoms with E-state index in [0.29, 0.717) is 27.8 Å².